The van der Waals surface area contributed by atoms with Crippen molar-refractivity contribution in [3.63, 3.8) is 0 Å². The number of aliphatic hydroxyl groups is 1. The van der Waals surface area contributed by atoms with Gasteiger partial charge in [-0.3, -0.25) is 0 Å². The van der Waals surface area contributed by atoms with Gasteiger partial charge in [-0.15, -0.1) is 0 Å². The van der Waals surface area contributed by atoms with Gasteiger partial charge in [-0.25, -0.2) is 0 Å². The Bertz CT molecular complexity index is 164. The van der Waals surface area contributed by atoms with Crippen molar-refractivity contribution in [3.05, 3.63) is 0 Å². The lowest BCUT2D eigenvalue weighted by Gasteiger charge is -2.21. The summed E-state index contributed by atoms with van der Waals surface area (Å²) < 4.78 is 35.6. The molecule has 1 atom stereocenters. The average Bonchev–Trinajstić information content (AvgIpc) is 2.10. The maximum Gasteiger partial charge on any atom is 0.390 e. The topological polar surface area (TPSA) is 35.5 Å². The summed E-state index contributed by atoms with van der Waals surface area (Å²) in [5.41, 5.74) is 0. The van der Waals surface area contributed by atoms with Crippen molar-refractivity contribution in [3.8, 4) is 0 Å². The molecule has 92 valence electrons. The zero-order valence-corrected chi connectivity index (χ0v) is 9.14. The van der Waals surface area contributed by atoms with E-state index in [2.05, 4.69) is 5.32 Å². The summed E-state index contributed by atoms with van der Waals surface area (Å²) in [7, 11) is 1.57. The van der Waals surface area contributed by atoms with Crippen molar-refractivity contribution in [1.29, 1.82) is 0 Å². The van der Waals surface area contributed by atoms with Gasteiger partial charge in [0.15, 0.2) is 0 Å². The third kappa shape index (κ3) is 9.96. The van der Waals surface area contributed by atoms with Gasteiger partial charge in [-0.1, -0.05) is 6.92 Å². The molecule has 0 aliphatic heterocycles. The van der Waals surface area contributed by atoms with Crippen LogP contribution in [0, 0.1) is 0 Å². The number of nitrogens with zero attached hydrogens (tertiary/aromatic N) is 1. The first-order chi connectivity index (χ1) is 6.85. The molecule has 0 spiro atoms. The highest BCUT2D eigenvalue weighted by Gasteiger charge is 2.27. The molecule has 0 amide bonds. The fourth-order valence-corrected chi connectivity index (χ4v) is 1.14. The van der Waals surface area contributed by atoms with Crippen LogP contribution in [0.3, 0.4) is 0 Å². The number of nitrogens with one attached hydrogen (secondary N) is 1. The minimum Gasteiger partial charge on any atom is -0.390 e. The monoisotopic (exact) mass is 228 g/mol. The van der Waals surface area contributed by atoms with Gasteiger partial charge in [-0.05, 0) is 13.6 Å². The summed E-state index contributed by atoms with van der Waals surface area (Å²) in [5, 5.41) is 12.3. The van der Waals surface area contributed by atoms with Crippen molar-refractivity contribution in [2.75, 3.05) is 33.2 Å². The van der Waals surface area contributed by atoms with E-state index < -0.39 is 18.7 Å². The van der Waals surface area contributed by atoms with Crippen LogP contribution in [0.4, 0.5) is 13.2 Å². The molecule has 3 nitrogen and oxygen atoms in total. The molecule has 0 saturated heterocycles. The standard InChI is InChI=1S/C9H19F3N2O/c1-3-13-6-8(15)7-14(2)5-4-9(10,11)12/h8,13,15H,3-7H2,1-2H3. The molecule has 2 N–H and O–H groups in total. The normalized spacial score (nSPS) is 14.6. The molecule has 0 bridgehead atoms. The Balaban J connectivity index is 3.59. The van der Waals surface area contributed by atoms with E-state index in [1.807, 2.05) is 6.92 Å². The van der Waals surface area contributed by atoms with Gasteiger partial charge in [0.05, 0.1) is 12.5 Å². The third-order valence-electron chi connectivity index (χ3n) is 1.93. The Labute approximate surface area is 88.3 Å². The van der Waals surface area contributed by atoms with E-state index in [9.17, 15) is 18.3 Å². The van der Waals surface area contributed by atoms with E-state index in [1.165, 1.54) is 4.90 Å². The summed E-state index contributed by atoms with van der Waals surface area (Å²) in [5.74, 6) is 0. The summed E-state index contributed by atoms with van der Waals surface area (Å²) in [6.07, 6.45) is -5.58. The molecule has 0 aromatic heterocycles. The lowest BCUT2D eigenvalue weighted by atomic mass is 10.3. The Hall–Kier alpha value is -0.330. The molecule has 0 rings (SSSR count). The molecule has 0 fully saturated rings. The molecule has 0 aromatic carbocycles. The van der Waals surface area contributed by atoms with Crippen molar-refractivity contribution < 1.29 is 18.3 Å². The molecular weight excluding hydrogens is 209 g/mol. The van der Waals surface area contributed by atoms with Crippen molar-refractivity contribution >= 4 is 0 Å². The molecule has 6 heteroatoms. The summed E-state index contributed by atoms with van der Waals surface area (Å²) in [6, 6.07) is 0. The zero-order valence-electron chi connectivity index (χ0n) is 9.14. The Morgan fingerprint density at radius 2 is 2.00 bits per heavy atom. The van der Waals surface area contributed by atoms with E-state index in [1.54, 1.807) is 7.05 Å². The zero-order chi connectivity index (χ0) is 11.9. The van der Waals surface area contributed by atoms with Crippen LogP contribution in [0.5, 0.6) is 0 Å². The fraction of sp³-hybridized carbons (Fsp3) is 1.00. The number of likely N-dealkylation sites (N-methyl/N-ethyl adjacent to an activating group) is 2. The van der Waals surface area contributed by atoms with Crippen LogP contribution in [0.25, 0.3) is 0 Å². The molecule has 0 radical (unpaired) electrons. The van der Waals surface area contributed by atoms with Crippen LogP contribution < -0.4 is 5.32 Å². The second-order valence-electron chi connectivity index (χ2n) is 3.59. The average molecular weight is 228 g/mol. The third-order valence-corrected chi connectivity index (χ3v) is 1.93. The van der Waals surface area contributed by atoms with Crippen molar-refractivity contribution in [2.45, 2.75) is 25.6 Å². The highest BCUT2D eigenvalue weighted by atomic mass is 19.4. The quantitative estimate of drug-likeness (QED) is 0.678. The highest BCUT2D eigenvalue weighted by molar-refractivity contribution is 4.65. The minimum atomic E-state index is -4.12. The van der Waals surface area contributed by atoms with Gasteiger partial charge in [0.25, 0.3) is 0 Å². The molecule has 0 aromatic rings. The highest BCUT2D eigenvalue weighted by Crippen LogP contribution is 2.19. The van der Waals surface area contributed by atoms with Gasteiger partial charge in [0.2, 0.25) is 0 Å². The molecule has 0 aliphatic rings. The molecule has 15 heavy (non-hydrogen) atoms. The number of alkyl halides is 3. The molecule has 1 unspecified atom stereocenters. The smallest absolute Gasteiger partial charge is 0.390 e. The van der Waals surface area contributed by atoms with Crippen LogP contribution in [-0.4, -0.2) is 55.5 Å². The number of rotatable bonds is 7. The molecule has 0 heterocycles. The maximum absolute atomic E-state index is 11.9. The number of hydrogen-bond donors (Lipinski definition) is 2. The minimum absolute atomic E-state index is 0.0767. The summed E-state index contributed by atoms with van der Waals surface area (Å²) in [6.45, 7) is 3.23. The van der Waals surface area contributed by atoms with E-state index in [0.29, 0.717) is 6.54 Å². The summed E-state index contributed by atoms with van der Waals surface area (Å²) in [4.78, 5) is 1.48. The SMILES string of the molecule is CCNCC(O)CN(C)CCC(F)(F)F. The fourth-order valence-electron chi connectivity index (χ4n) is 1.14. The van der Waals surface area contributed by atoms with E-state index >= 15 is 0 Å². The van der Waals surface area contributed by atoms with Crippen LogP contribution in [0.1, 0.15) is 13.3 Å². The molecule has 0 aliphatic carbocycles. The Kier molecular flexibility index (Phi) is 6.87. The largest absolute Gasteiger partial charge is 0.390 e. The van der Waals surface area contributed by atoms with Gasteiger partial charge in [-0.2, -0.15) is 13.2 Å². The second kappa shape index (κ2) is 7.03. The first kappa shape index (κ1) is 14.7. The molecule has 0 saturated carbocycles. The van der Waals surface area contributed by atoms with Gasteiger partial charge < -0.3 is 15.3 Å². The number of halogens is 3. The van der Waals surface area contributed by atoms with Crippen LogP contribution >= 0.6 is 0 Å². The lowest BCUT2D eigenvalue weighted by molar-refractivity contribution is -0.137. The van der Waals surface area contributed by atoms with Crippen LogP contribution in [0.15, 0.2) is 0 Å². The predicted octanol–water partition coefficient (Wildman–Crippen LogP) is 0.841. The van der Waals surface area contributed by atoms with E-state index in [-0.39, 0.29) is 13.1 Å². The predicted molar refractivity (Wildman–Crippen MR) is 52.7 cm³/mol. The Morgan fingerprint density at radius 1 is 1.40 bits per heavy atom. The second-order valence-corrected chi connectivity index (χ2v) is 3.59. The van der Waals surface area contributed by atoms with Gasteiger partial charge >= 0.3 is 6.18 Å². The first-order valence-corrected chi connectivity index (χ1v) is 4.99. The van der Waals surface area contributed by atoms with Crippen molar-refractivity contribution in [2.24, 2.45) is 0 Å². The van der Waals surface area contributed by atoms with Crippen LogP contribution in [-0.2, 0) is 0 Å². The molecular formula is C9H19F3N2O. The Morgan fingerprint density at radius 3 is 2.47 bits per heavy atom. The van der Waals surface area contributed by atoms with E-state index in [4.69, 9.17) is 0 Å². The lowest BCUT2D eigenvalue weighted by Crippen LogP contribution is -2.37. The van der Waals surface area contributed by atoms with Gasteiger partial charge in [0, 0.05) is 19.6 Å². The number of aliphatic hydroxyl groups excluding tert-OH is 1. The van der Waals surface area contributed by atoms with E-state index in [0.717, 1.165) is 6.54 Å². The van der Waals surface area contributed by atoms with Gasteiger partial charge in [0.1, 0.15) is 0 Å². The number of hydrogen-bond acceptors (Lipinski definition) is 3. The van der Waals surface area contributed by atoms with Crippen molar-refractivity contribution in [1.82, 2.24) is 10.2 Å². The first-order valence-electron chi connectivity index (χ1n) is 4.99. The maximum atomic E-state index is 11.9. The van der Waals surface area contributed by atoms with Crippen LogP contribution in [0.2, 0.25) is 0 Å². The summed E-state index contributed by atoms with van der Waals surface area (Å²) >= 11 is 0.